The van der Waals surface area contributed by atoms with E-state index in [-0.39, 0.29) is 0 Å². The molecular weight excluding hydrogens is 350 g/mol. The third kappa shape index (κ3) is 2.90. The van der Waals surface area contributed by atoms with Crippen LogP contribution in [0.15, 0.2) is 90.4 Å². The number of thiazole rings is 1. The van der Waals surface area contributed by atoms with Crippen LogP contribution in [0.5, 0.6) is 0 Å². The minimum Gasteiger partial charge on any atom is -0.399 e. The number of anilines is 1. The first kappa shape index (κ1) is 15.9. The molecule has 0 aliphatic carbocycles. The molecule has 0 aliphatic heterocycles. The molecule has 27 heavy (non-hydrogen) atoms. The van der Waals surface area contributed by atoms with Gasteiger partial charge in [0.25, 0.3) is 0 Å². The average Bonchev–Trinajstić information content (AvgIpc) is 3.30. The normalized spacial score (nSPS) is 11.1. The first-order valence-electron chi connectivity index (χ1n) is 8.76. The summed E-state index contributed by atoms with van der Waals surface area (Å²) in [7, 11) is 0. The quantitative estimate of drug-likeness (QED) is 0.399. The molecule has 3 nitrogen and oxygen atoms in total. The van der Waals surface area contributed by atoms with Gasteiger partial charge in [-0.05, 0) is 28.8 Å². The van der Waals surface area contributed by atoms with Gasteiger partial charge in [-0.25, -0.2) is 4.98 Å². The highest BCUT2D eigenvalue weighted by molar-refractivity contribution is 7.15. The zero-order valence-corrected chi connectivity index (χ0v) is 15.4. The minimum atomic E-state index is 0.763. The number of aromatic nitrogens is 2. The molecule has 0 saturated heterocycles. The second kappa shape index (κ2) is 6.41. The standard InChI is InChI=1S/C23H17N3S/c24-20-12-10-18(11-13-20)21-14-26-22(15-27-23(26)25-21)19-8-6-17(7-9-19)16-4-2-1-3-5-16/h1-15H,24H2. The number of imidazole rings is 1. The first-order chi connectivity index (χ1) is 13.3. The van der Waals surface area contributed by atoms with Crippen LogP contribution in [0.4, 0.5) is 5.69 Å². The summed E-state index contributed by atoms with van der Waals surface area (Å²) < 4.78 is 2.16. The lowest BCUT2D eigenvalue weighted by Gasteiger charge is -2.04. The molecule has 0 radical (unpaired) electrons. The number of fused-ring (bicyclic) bond motifs is 1. The predicted octanol–water partition coefficient (Wildman–Crippen LogP) is 5.98. The van der Waals surface area contributed by atoms with Crippen LogP contribution in [-0.2, 0) is 0 Å². The number of nitrogens with zero attached hydrogens (tertiary/aromatic N) is 2. The fourth-order valence-electron chi connectivity index (χ4n) is 3.25. The summed E-state index contributed by atoms with van der Waals surface area (Å²) in [5.74, 6) is 0. The van der Waals surface area contributed by atoms with Crippen molar-refractivity contribution < 1.29 is 0 Å². The highest BCUT2D eigenvalue weighted by Gasteiger charge is 2.11. The maximum atomic E-state index is 5.79. The Kier molecular flexibility index (Phi) is 3.77. The highest BCUT2D eigenvalue weighted by atomic mass is 32.1. The van der Waals surface area contributed by atoms with Gasteiger partial charge in [0, 0.05) is 22.8 Å². The van der Waals surface area contributed by atoms with Crippen molar-refractivity contribution >= 4 is 22.0 Å². The van der Waals surface area contributed by atoms with Crippen molar-refractivity contribution in [1.82, 2.24) is 9.38 Å². The minimum absolute atomic E-state index is 0.763. The van der Waals surface area contributed by atoms with E-state index in [1.54, 1.807) is 11.3 Å². The van der Waals surface area contributed by atoms with Gasteiger partial charge in [0.2, 0.25) is 0 Å². The molecule has 3 aromatic carbocycles. The largest absolute Gasteiger partial charge is 0.399 e. The van der Waals surface area contributed by atoms with Crippen molar-refractivity contribution in [2.75, 3.05) is 5.73 Å². The molecule has 0 saturated carbocycles. The van der Waals surface area contributed by atoms with Gasteiger partial charge in [-0.15, -0.1) is 11.3 Å². The summed E-state index contributed by atoms with van der Waals surface area (Å²) in [6, 6.07) is 27.0. The summed E-state index contributed by atoms with van der Waals surface area (Å²) in [4.78, 5) is 5.75. The molecule has 0 aliphatic rings. The molecule has 5 rings (SSSR count). The van der Waals surface area contributed by atoms with E-state index in [9.17, 15) is 0 Å². The second-order valence-corrected chi connectivity index (χ2v) is 7.30. The summed E-state index contributed by atoms with van der Waals surface area (Å²) in [5.41, 5.74) is 13.4. The summed E-state index contributed by atoms with van der Waals surface area (Å²) in [6.45, 7) is 0. The number of benzene rings is 3. The molecule has 5 aromatic rings. The van der Waals surface area contributed by atoms with Gasteiger partial charge in [0.05, 0.1) is 11.4 Å². The van der Waals surface area contributed by atoms with Gasteiger partial charge in [0.15, 0.2) is 4.96 Å². The van der Waals surface area contributed by atoms with Gasteiger partial charge in [-0.2, -0.15) is 0 Å². The van der Waals surface area contributed by atoms with Crippen LogP contribution in [0.2, 0.25) is 0 Å². The molecular formula is C23H17N3S. The van der Waals surface area contributed by atoms with Crippen LogP contribution in [0.1, 0.15) is 0 Å². The Morgan fingerprint density at radius 1 is 0.704 bits per heavy atom. The van der Waals surface area contributed by atoms with E-state index in [4.69, 9.17) is 10.7 Å². The van der Waals surface area contributed by atoms with E-state index in [2.05, 4.69) is 64.5 Å². The molecule has 130 valence electrons. The van der Waals surface area contributed by atoms with Gasteiger partial charge in [-0.3, -0.25) is 4.40 Å². The van der Waals surface area contributed by atoms with E-state index < -0.39 is 0 Å². The SMILES string of the molecule is Nc1ccc(-c2cn3c(-c4ccc(-c5ccccc5)cc4)csc3n2)cc1. The molecule has 2 heterocycles. The summed E-state index contributed by atoms with van der Waals surface area (Å²) >= 11 is 1.66. The van der Waals surface area contributed by atoms with Gasteiger partial charge < -0.3 is 5.73 Å². The van der Waals surface area contributed by atoms with E-state index >= 15 is 0 Å². The Morgan fingerprint density at radius 3 is 2.07 bits per heavy atom. The highest BCUT2D eigenvalue weighted by Crippen LogP contribution is 2.31. The van der Waals surface area contributed by atoms with E-state index in [0.717, 1.165) is 27.6 Å². The molecule has 4 heteroatoms. The molecule has 0 fully saturated rings. The van der Waals surface area contributed by atoms with Gasteiger partial charge in [-0.1, -0.05) is 66.7 Å². The monoisotopic (exact) mass is 367 g/mol. The van der Waals surface area contributed by atoms with Crippen molar-refractivity contribution in [3.8, 4) is 33.6 Å². The summed E-state index contributed by atoms with van der Waals surface area (Å²) in [5, 5.41) is 2.16. The van der Waals surface area contributed by atoms with Crippen molar-refractivity contribution in [1.29, 1.82) is 0 Å². The van der Waals surface area contributed by atoms with Crippen LogP contribution in [0.3, 0.4) is 0 Å². The van der Waals surface area contributed by atoms with Crippen molar-refractivity contribution in [3.63, 3.8) is 0 Å². The van der Waals surface area contributed by atoms with Crippen LogP contribution in [0.25, 0.3) is 38.6 Å². The maximum Gasteiger partial charge on any atom is 0.194 e. The van der Waals surface area contributed by atoms with Crippen LogP contribution in [-0.4, -0.2) is 9.38 Å². The Morgan fingerprint density at radius 2 is 1.33 bits per heavy atom. The zero-order chi connectivity index (χ0) is 18.2. The lowest BCUT2D eigenvalue weighted by atomic mass is 10.0. The fraction of sp³-hybridized carbons (Fsp3) is 0. The van der Waals surface area contributed by atoms with E-state index in [0.29, 0.717) is 0 Å². The molecule has 0 amide bonds. The number of nitrogens with two attached hydrogens (primary N) is 1. The van der Waals surface area contributed by atoms with Gasteiger partial charge >= 0.3 is 0 Å². The average molecular weight is 367 g/mol. The predicted molar refractivity (Wildman–Crippen MR) is 114 cm³/mol. The van der Waals surface area contributed by atoms with Gasteiger partial charge in [0.1, 0.15) is 0 Å². The number of hydrogen-bond donors (Lipinski definition) is 1. The second-order valence-electron chi connectivity index (χ2n) is 6.47. The fourth-order valence-corrected chi connectivity index (χ4v) is 4.13. The number of hydrogen-bond acceptors (Lipinski definition) is 3. The van der Waals surface area contributed by atoms with Crippen molar-refractivity contribution in [3.05, 3.63) is 90.4 Å². The van der Waals surface area contributed by atoms with Crippen LogP contribution < -0.4 is 5.73 Å². The molecule has 0 bridgehead atoms. The van der Waals surface area contributed by atoms with Crippen molar-refractivity contribution in [2.45, 2.75) is 0 Å². The Bertz CT molecular complexity index is 1200. The topological polar surface area (TPSA) is 43.3 Å². The zero-order valence-electron chi connectivity index (χ0n) is 14.5. The van der Waals surface area contributed by atoms with Crippen LogP contribution >= 0.6 is 11.3 Å². The Labute approximate surface area is 161 Å². The third-order valence-electron chi connectivity index (χ3n) is 4.70. The maximum absolute atomic E-state index is 5.79. The molecule has 0 atom stereocenters. The number of rotatable bonds is 3. The van der Waals surface area contributed by atoms with Crippen LogP contribution in [0, 0.1) is 0 Å². The summed E-state index contributed by atoms with van der Waals surface area (Å²) in [6.07, 6.45) is 2.10. The van der Waals surface area contributed by atoms with E-state index in [1.165, 1.54) is 16.7 Å². The molecule has 0 spiro atoms. The smallest absolute Gasteiger partial charge is 0.194 e. The molecule has 0 unspecified atom stereocenters. The molecule has 2 aromatic heterocycles. The first-order valence-corrected chi connectivity index (χ1v) is 9.64. The lowest BCUT2D eigenvalue weighted by Crippen LogP contribution is -1.85. The van der Waals surface area contributed by atoms with E-state index in [1.807, 2.05) is 30.3 Å². The van der Waals surface area contributed by atoms with Crippen molar-refractivity contribution in [2.24, 2.45) is 0 Å². The Hall–Kier alpha value is -3.37. The third-order valence-corrected chi connectivity index (χ3v) is 5.54. The Balaban J connectivity index is 1.52. The number of nitrogen functional groups attached to an aromatic ring is 1. The molecule has 2 N–H and O–H groups in total. The lowest BCUT2D eigenvalue weighted by molar-refractivity contribution is 1.24.